The van der Waals surface area contributed by atoms with Gasteiger partial charge in [-0.3, -0.25) is 14.1 Å². The number of ether oxygens (including phenoxy) is 1. The summed E-state index contributed by atoms with van der Waals surface area (Å²) in [5.74, 6) is 0.761. The van der Waals surface area contributed by atoms with Crippen molar-refractivity contribution in [3.63, 3.8) is 0 Å². The Balaban J connectivity index is 1.79. The highest BCUT2D eigenvalue weighted by Crippen LogP contribution is 2.22. The molecule has 0 aliphatic carbocycles. The van der Waals surface area contributed by atoms with Gasteiger partial charge in [0.1, 0.15) is 12.1 Å². The zero-order valence-corrected chi connectivity index (χ0v) is 14.8. The lowest BCUT2D eigenvalue weighted by Gasteiger charge is -2.15. The van der Waals surface area contributed by atoms with Crippen LogP contribution in [0.3, 0.4) is 0 Å². The van der Waals surface area contributed by atoms with Crippen molar-refractivity contribution in [3.8, 4) is 11.4 Å². The smallest absolute Gasteiger partial charge is 0.203 e. The summed E-state index contributed by atoms with van der Waals surface area (Å²) in [4.78, 5) is 2.13. The molecule has 7 nitrogen and oxygen atoms in total. The van der Waals surface area contributed by atoms with E-state index in [0.717, 1.165) is 23.5 Å². The van der Waals surface area contributed by atoms with Gasteiger partial charge < -0.3 is 4.74 Å². The lowest BCUT2D eigenvalue weighted by atomic mass is 10.3. The van der Waals surface area contributed by atoms with E-state index in [-0.39, 0.29) is 0 Å². The Morgan fingerprint density at radius 1 is 1.25 bits per heavy atom. The molecule has 3 aromatic rings. The molecule has 8 heteroatoms. The fourth-order valence-electron chi connectivity index (χ4n) is 2.57. The predicted molar refractivity (Wildman–Crippen MR) is 93.6 cm³/mol. The Morgan fingerprint density at radius 3 is 2.75 bits per heavy atom. The second-order valence-corrected chi connectivity index (χ2v) is 6.00. The first kappa shape index (κ1) is 16.4. The van der Waals surface area contributed by atoms with Crippen molar-refractivity contribution in [1.29, 1.82) is 0 Å². The van der Waals surface area contributed by atoms with Crippen molar-refractivity contribution >= 4 is 12.2 Å². The minimum absolute atomic E-state index is 0.593. The second-order valence-electron chi connectivity index (χ2n) is 5.63. The van der Waals surface area contributed by atoms with Crippen LogP contribution in [-0.4, -0.2) is 43.2 Å². The molecular weight excluding hydrogens is 324 g/mol. The van der Waals surface area contributed by atoms with E-state index in [1.807, 2.05) is 55.3 Å². The number of aryl methyl sites for hydroxylation is 1. The molecule has 0 saturated carbocycles. The van der Waals surface area contributed by atoms with Crippen molar-refractivity contribution in [1.82, 2.24) is 29.0 Å². The summed E-state index contributed by atoms with van der Waals surface area (Å²) >= 11 is 5.57. The molecule has 3 rings (SSSR count). The quantitative estimate of drug-likeness (QED) is 0.642. The molecule has 24 heavy (non-hydrogen) atoms. The minimum Gasteiger partial charge on any atom is -0.495 e. The number of para-hydroxylation sites is 2. The zero-order chi connectivity index (χ0) is 17.1. The highest BCUT2D eigenvalue weighted by atomic mass is 32.1. The summed E-state index contributed by atoms with van der Waals surface area (Å²) < 4.78 is 11.5. The average Bonchev–Trinajstić information content (AvgIpc) is 3.14. The fraction of sp³-hybridized carbons (Fsp3) is 0.312. The third kappa shape index (κ3) is 3.39. The molecule has 0 saturated heterocycles. The lowest BCUT2D eigenvalue weighted by molar-refractivity contribution is 0.244. The summed E-state index contributed by atoms with van der Waals surface area (Å²) in [6.45, 7) is 1.37. The summed E-state index contributed by atoms with van der Waals surface area (Å²) in [5.41, 5.74) is 2.03. The normalized spacial score (nSPS) is 11.2. The van der Waals surface area contributed by atoms with E-state index < -0.39 is 0 Å². The summed E-state index contributed by atoms with van der Waals surface area (Å²) in [6.07, 6.45) is 5.59. The molecule has 0 atom stereocenters. The Kier molecular flexibility index (Phi) is 4.77. The van der Waals surface area contributed by atoms with Gasteiger partial charge in [-0.25, -0.2) is 4.68 Å². The molecule has 126 valence electrons. The SMILES string of the molecule is COc1ccccc1-n1cnn(CN(C)Cc2cnn(C)c2)c1=S. The molecule has 1 aromatic carbocycles. The van der Waals surface area contributed by atoms with Crippen molar-refractivity contribution in [2.24, 2.45) is 7.05 Å². The number of hydrogen-bond acceptors (Lipinski definition) is 5. The van der Waals surface area contributed by atoms with Gasteiger partial charge in [-0.05, 0) is 31.4 Å². The van der Waals surface area contributed by atoms with Crippen LogP contribution in [0.1, 0.15) is 5.56 Å². The lowest BCUT2D eigenvalue weighted by Crippen LogP contribution is -2.22. The van der Waals surface area contributed by atoms with Crippen molar-refractivity contribution in [3.05, 3.63) is 53.3 Å². The Labute approximate surface area is 145 Å². The molecular formula is C16H20N6OS. The molecule has 2 heterocycles. The van der Waals surface area contributed by atoms with Crippen LogP contribution in [0.15, 0.2) is 43.0 Å². The van der Waals surface area contributed by atoms with Crippen molar-refractivity contribution < 1.29 is 4.74 Å². The molecule has 0 N–H and O–H groups in total. The summed E-state index contributed by atoms with van der Waals surface area (Å²) in [7, 11) is 5.58. The maximum absolute atomic E-state index is 5.57. The van der Waals surface area contributed by atoms with Gasteiger partial charge in [-0.2, -0.15) is 10.2 Å². The van der Waals surface area contributed by atoms with Crippen LogP contribution >= 0.6 is 12.2 Å². The van der Waals surface area contributed by atoms with E-state index in [2.05, 4.69) is 15.1 Å². The van der Waals surface area contributed by atoms with Gasteiger partial charge in [0.15, 0.2) is 0 Å². The minimum atomic E-state index is 0.593. The first-order valence-corrected chi connectivity index (χ1v) is 7.93. The molecule has 2 aromatic heterocycles. The van der Waals surface area contributed by atoms with Crippen LogP contribution in [0.25, 0.3) is 5.69 Å². The van der Waals surface area contributed by atoms with Gasteiger partial charge >= 0.3 is 0 Å². The number of benzene rings is 1. The predicted octanol–water partition coefficient (Wildman–Crippen LogP) is 2.23. The zero-order valence-electron chi connectivity index (χ0n) is 14.0. The second kappa shape index (κ2) is 6.98. The van der Waals surface area contributed by atoms with E-state index in [4.69, 9.17) is 17.0 Å². The monoisotopic (exact) mass is 344 g/mol. The number of methoxy groups -OCH3 is 1. The maximum Gasteiger partial charge on any atom is 0.203 e. The number of nitrogens with zero attached hydrogens (tertiary/aromatic N) is 6. The molecule has 0 amide bonds. The third-order valence-electron chi connectivity index (χ3n) is 3.66. The number of rotatable bonds is 6. The molecule has 0 fully saturated rings. The molecule has 0 bridgehead atoms. The van der Waals surface area contributed by atoms with Crippen LogP contribution in [-0.2, 0) is 20.3 Å². The van der Waals surface area contributed by atoms with Gasteiger partial charge in [-0.15, -0.1) is 0 Å². The summed E-state index contributed by atoms with van der Waals surface area (Å²) in [6, 6.07) is 7.74. The number of aromatic nitrogens is 5. The maximum atomic E-state index is 5.57. The standard InChI is InChI=1S/C16H20N6OS/c1-19(9-13-8-17-20(2)10-13)12-22-16(24)21(11-18-22)14-6-4-5-7-15(14)23-3/h4-8,10-11H,9,12H2,1-3H3. The van der Waals surface area contributed by atoms with E-state index in [1.54, 1.807) is 22.8 Å². The first-order valence-electron chi connectivity index (χ1n) is 7.52. The van der Waals surface area contributed by atoms with Gasteiger partial charge in [0, 0.05) is 25.4 Å². The first-order chi connectivity index (χ1) is 11.6. The van der Waals surface area contributed by atoms with Gasteiger partial charge in [0.2, 0.25) is 4.77 Å². The molecule has 0 spiro atoms. The van der Waals surface area contributed by atoms with Crippen LogP contribution in [0, 0.1) is 4.77 Å². The van der Waals surface area contributed by atoms with Crippen molar-refractivity contribution in [2.75, 3.05) is 14.2 Å². The molecule has 0 unspecified atom stereocenters. The van der Waals surface area contributed by atoms with Gasteiger partial charge in [-0.1, -0.05) is 12.1 Å². The molecule has 0 aliphatic heterocycles. The Morgan fingerprint density at radius 2 is 2.04 bits per heavy atom. The molecule has 0 radical (unpaired) electrons. The van der Waals surface area contributed by atoms with E-state index in [0.29, 0.717) is 11.4 Å². The Bertz CT molecular complexity index is 881. The summed E-state index contributed by atoms with van der Waals surface area (Å²) in [5, 5.41) is 8.60. The third-order valence-corrected chi connectivity index (χ3v) is 4.07. The van der Waals surface area contributed by atoms with Crippen LogP contribution in [0.4, 0.5) is 0 Å². The van der Waals surface area contributed by atoms with Crippen molar-refractivity contribution in [2.45, 2.75) is 13.2 Å². The van der Waals surface area contributed by atoms with Crippen LogP contribution in [0.2, 0.25) is 0 Å². The van der Waals surface area contributed by atoms with Crippen LogP contribution < -0.4 is 4.74 Å². The van der Waals surface area contributed by atoms with E-state index >= 15 is 0 Å². The van der Waals surface area contributed by atoms with Gasteiger partial charge in [0.25, 0.3) is 0 Å². The average molecular weight is 344 g/mol. The number of hydrogen-bond donors (Lipinski definition) is 0. The largest absolute Gasteiger partial charge is 0.495 e. The van der Waals surface area contributed by atoms with E-state index in [1.165, 1.54) is 0 Å². The highest BCUT2D eigenvalue weighted by molar-refractivity contribution is 7.71. The fourth-order valence-corrected chi connectivity index (χ4v) is 2.82. The topological polar surface area (TPSA) is 53.0 Å². The van der Waals surface area contributed by atoms with Crippen LogP contribution in [0.5, 0.6) is 5.75 Å². The van der Waals surface area contributed by atoms with E-state index in [9.17, 15) is 0 Å². The Hall–Kier alpha value is -2.45. The van der Waals surface area contributed by atoms with Gasteiger partial charge in [0.05, 0.1) is 25.7 Å². The molecule has 0 aliphatic rings. The highest BCUT2D eigenvalue weighted by Gasteiger charge is 2.10.